The van der Waals surface area contributed by atoms with Gasteiger partial charge < -0.3 is 15.4 Å². The monoisotopic (exact) mass is 265 g/mol. The van der Waals surface area contributed by atoms with Gasteiger partial charge in [-0.3, -0.25) is 0 Å². The highest BCUT2D eigenvalue weighted by molar-refractivity contribution is 7.80. The van der Waals surface area contributed by atoms with E-state index in [-0.39, 0.29) is 5.97 Å². The van der Waals surface area contributed by atoms with Crippen molar-refractivity contribution in [1.82, 2.24) is 10.3 Å². The number of rotatable bonds is 5. The second kappa shape index (κ2) is 7.39. The van der Waals surface area contributed by atoms with Crippen molar-refractivity contribution in [1.29, 1.82) is 0 Å². The average molecular weight is 265 g/mol. The smallest absolute Gasteiger partial charge is 0.338 e. The summed E-state index contributed by atoms with van der Waals surface area (Å²) >= 11 is 5.04. The van der Waals surface area contributed by atoms with Gasteiger partial charge in [-0.25, -0.2) is 9.78 Å². The van der Waals surface area contributed by atoms with Gasteiger partial charge in [0.05, 0.1) is 12.2 Å². The molecule has 0 aliphatic heterocycles. The van der Waals surface area contributed by atoms with Gasteiger partial charge >= 0.3 is 5.97 Å². The summed E-state index contributed by atoms with van der Waals surface area (Å²) in [6.45, 7) is 6.22. The number of carbonyl (C=O) groups is 1. The molecule has 0 aromatic carbocycles. The normalized spacial score (nSPS) is 9.39. The SMILES string of the molecule is C=CCNC(=S)Nc1cc(C(=O)OCC)ccn1. The topological polar surface area (TPSA) is 63.2 Å². The number of pyridine rings is 1. The first-order chi connectivity index (χ1) is 8.67. The van der Waals surface area contributed by atoms with E-state index in [0.717, 1.165) is 0 Å². The summed E-state index contributed by atoms with van der Waals surface area (Å²) in [6.07, 6.45) is 3.21. The van der Waals surface area contributed by atoms with E-state index in [9.17, 15) is 4.79 Å². The molecule has 0 fully saturated rings. The summed E-state index contributed by atoms with van der Waals surface area (Å²) in [5.41, 5.74) is 0.431. The van der Waals surface area contributed by atoms with Crippen LogP contribution < -0.4 is 10.6 Å². The lowest BCUT2D eigenvalue weighted by Crippen LogP contribution is -2.28. The van der Waals surface area contributed by atoms with Crippen molar-refractivity contribution in [2.75, 3.05) is 18.5 Å². The Balaban J connectivity index is 2.67. The van der Waals surface area contributed by atoms with E-state index in [1.165, 1.54) is 6.20 Å². The van der Waals surface area contributed by atoms with Gasteiger partial charge in [0, 0.05) is 12.7 Å². The van der Waals surface area contributed by atoms with Crippen LogP contribution in [0, 0.1) is 0 Å². The first-order valence-corrected chi connectivity index (χ1v) is 5.87. The van der Waals surface area contributed by atoms with Gasteiger partial charge in [0.1, 0.15) is 5.82 Å². The lowest BCUT2D eigenvalue weighted by molar-refractivity contribution is 0.0526. The predicted octanol–water partition coefficient (Wildman–Crippen LogP) is 1.73. The summed E-state index contributed by atoms with van der Waals surface area (Å²) in [7, 11) is 0. The molecule has 1 aromatic heterocycles. The summed E-state index contributed by atoms with van der Waals surface area (Å²) in [4.78, 5) is 15.6. The van der Waals surface area contributed by atoms with Crippen LogP contribution in [0.25, 0.3) is 0 Å². The quantitative estimate of drug-likeness (QED) is 0.480. The fraction of sp³-hybridized carbons (Fsp3) is 0.250. The molecule has 18 heavy (non-hydrogen) atoms. The molecule has 96 valence electrons. The van der Waals surface area contributed by atoms with E-state index < -0.39 is 0 Å². The standard InChI is InChI=1S/C12H15N3O2S/c1-3-6-14-12(18)15-10-8-9(5-7-13-10)11(16)17-4-2/h3,5,7-8H,1,4,6H2,2H3,(H2,13,14,15,18). The van der Waals surface area contributed by atoms with Gasteiger partial charge in [-0.05, 0) is 31.3 Å². The van der Waals surface area contributed by atoms with Crippen LogP contribution in [0.4, 0.5) is 5.82 Å². The molecule has 0 saturated carbocycles. The molecule has 0 aliphatic rings. The average Bonchev–Trinajstić information content (AvgIpc) is 2.37. The van der Waals surface area contributed by atoms with Gasteiger partial charge in [-0.2, -0.15) is 0 Å². The molecule has 5 nitrogen and oxygen atoms in total. The van der Waals surface area contributed by atoms with Crippen LogP contribution in [0.2, 0.25) is 0 Å². The van der Waals surface area contributed by atoms with E-state index in [4.69, 9.17) is 17.0 Å². The van der Waals surface area contributed by atoms with Crippen LogP contribution in [0.5, 0.6) is 0 Å². The van der Waals surface area contributed by atoms with E-state index in [0.29, 0.717) is 29.6 Å². The Hall–Kier alpha value is -1.95. The fourth-order valence-corrected chi connectivity index (χ4v) is 1.35. The summed E-state index contributed by atoms with van der Waals surface area (Å²) in [6, 6.07) is 3.17. The Labute approximate surface area is 111 Å². The van der Waals surface area contributed by atoms with Gasteiger partial charge in [-0.15, -0.1) is 6.58 Å². The zero-order chi connectivity index (χ0) is 13.4. The number of thiocarbonyl (C=S) groups is 1. The zero-order valence-electron chi connectivity index (χ0n) is 10.1. The third-order valence-corrected chi connectivity index (χ3v) is 2.17. The maximum atomic E-state index is 11.5. The van der Waals surface area contributed by atoms with Crippen LogP contribution in [-0.2, 0) is 4.74 Å². The third-order valence-electron chi connectivity index (χ3n) is 1.92. The molecule has 0 radical (unpaired) electrons. The van der Waals surface area contributed by atoms with E-state index in [1.54, 1.807) is 25.1 Å². The minimum atomic E-state index is -0.382. The maximum absolute atomic E-state index is 11.5. The van der Waals surface area contributed by atoms with Gasteiger partial charge in [0.15, 0.2) is 5.11 Å². The number of nitrogens with one attached hydrogen (secondary N) is 2. The first kappa shape index (κ1) is 14.1. The van der Waals surface area contributed by atoms with Crippen LogP contribution >= 0.6 is 12.2 Å². The molecule has 0 saturated heterocycles. The lowest BCUT2D eigenvalue weighted by Gasteiger charge is -2.09. The summed E-state index contributed by atoms with van der Waals surface area (Å²) in [5, 5.41) is 6.19. The molecule has 0 aliphatic carbocycles. The minimum absolute atomic E-state index is 0.337. The molecule has 0 unspecified atom stereocenters. The molecule has 1 heterocycles. The first-order valence-electron chi connectivity index (χ1n) is 5.46. The number of anilines is 1. The Morgan fingerprint density at radius 2 is 2.44 bits per heavy atom. The second-order valence-corrected chi connectivity index (χ2v) is 3.68. The fourth-order valence-electron chi connectivity index (χ4n) is 1.17. The molecule has 0 atom stereocenters. The van der Waals surface area contributed by atoms with Crippen LogP contribution in [0.15, 0.2) is 31.0 Å². The number of hydrogen-bond donors (Lipinski definition) is 2. The van der Waals surface area contributed by atoms with Gasteiger partial charge in [-0.1, -0.05) is 6.08 Å². The molecular weight excluding hydrogens is 250 g/mol. The number of hydrogen-bond acceptors (Lipinski definition) is 4. The van der Waals surface area contributed by atoms with Gasteiger partial charge in [0.25, 0.3) is 0 Å². The van der Waals surface area contributed by atoms with E-state index in [2.05, 4.69) is 22.2 Å². The van der Waals surface area contributed by atoms with Crippen molar-refractivity contribution in [3.8, 4) is 0 Å². The highest BCUT2D eigenvalue weighted by Gasteiger charge is 2.07. The number of aromatic nitrogens is 1. The van der Waals surface area contributed by atoms with Crippen LogP contribution in [0.1, 0.15) is 17.3 Å². The van der Waals surface area contributed by atoms with Crippen molar-refractivity contribution in [3.63, 3.8) is 0 Å². The lowest BCUT2D eigenvalue weighted by atomic mass is 10.2. The second-order valence-electron chi connectivity index (χ2n) is 3.27. The Bertz CT molecular complexity index is 449. The van der Waals surface area contributed by atoms with Crippen LogP contribution in [-0.4, -0.2) is 29.2 Å². The zero-order valence-corrected chi connectivity index (χ0v) is 10.9. The highest BCUT2D eigenvalue weighted by Crippen LogP contribution is 2.08. The molecule has 0 amide bonds. The summed E-state index contributed by atoms with van der Waals surface area (Å²) < 4.78 is 4.90. The van der Waals surface area contributed by atoms with Crippen molar-refractivity contribution in [2.45, 2.75) is 6.92 Å². The van der Waals surface area contributed by atoms with Crippen LogP contribution in [0.3, 0.4) is 0 Å². The number of carbonyl (C=O) groups excluding carboxylic acids is 1. The Kier molecular flexibility index (Phi) is 5.79. The van der Waals surface area contributed by atoms with Crippen molar-refractivity contribution in [2.24, 2.45) is 0 Å². The van der Waals surface area contributed by atoms with Crippen molar-refractivity contribution < 1.29 is 9.53 Å². The molecular formula is C12H15N3O2S. The van der Waals surface area contributed by atoms with E-state index in [1.807, 2.05) is 0 Å². The highest BCUT2D eigenvalue weighted by atomic mass is 32.1. The van der Waals surface area contributed by atoms with E-state index >= 15 is 0 Å². The number of nitrogens with zero attached hydrogens (tertiary/aromatic N) is 1. The molecule has 1 rings (SSSR count). The summed E-state index contributed by atoms with van der Waals surface area (Å²) in [5.74, 6) is 0.107. The number of esters is 1. The maximum Gasteiger partial charge on any atom is 0.338 e. The Morgan fingerprint density at radius 1 is 1.67 bits per heavy atom. The molecule has 0 bridgehead atoms. The van der Waals surface area contributed by atoms with Gasteiger partial charge in [0.2, 0.25) is 0 Å². The molecule has 1 aromatic rings. The predicted molar refractivity (Wildman–Crippen MR) is 74.6 cm³/mol. The largest absolute Gasteiger partial charge is 0.462 e. The number of ether oxygens (including phenoxy) is 1. The van der Waals surface area contributed by atoms with Crippen molar-refractivity contribution in [3.05, 3.63) is 36.5 Å². The molecule has 2 N–H and O–H groups in total. The molecule has 0 spiro atoms. The van der Waals surface area contributed by atoms with Crippen molar-refractivity contribution >= 4 is 29.1 Å². The minimum Gasteiger partial charge on any atom is -0.462 e. The Morgan fingerprint density at radius 3 is 3.11 bits per heavy atom. The molecule has 6 heteroatoms. The third kappa shape index (κ3) is 4.50.